The zero-order valence-electron chi connectivity index (χ0n) is 9.87. The number of fused-ring (bicyclic) bond motifs is 1. The number of hydrogen-bond donors (Lipinski definition) is 2. The van der Waals surface area contributed by atoms with Crippen molar-refractivity contribution in [3.63, 3.8) is 0 Å². The van der Waals surface area contributed by atoms with Gasteiger partial charge in [0.1, 0.15) is 6.20 Å². The van der Waals surface area contributed by atoms with Crippen molar-refractivity contribution in [3.05, 3.63) is 21.7 Å². The van der Waals surface area contributed by atoms with Crippen molar-refractivity contribution >= 4 is 27.9 Å². The van der Waals surface area contributed by atoms with Gasteiger partial charge < -0.3 is 20.5 Å². The quantitative estimate of drug-likeness (QED) is 0.617. The first kappa shape index (κ1) is 12.8. The number of nitrogens with one attached hydrogen (secondary N) is 1. The minimum Gasteiger partial charge on any atom is -0.391 e. The number of nitro groups is 1. The lowest BCUT2D eigenvalue weighted by Crippen LogP contribution is -2.19. The SMILES string of the molecule is CCCC(O)CNc1nc2sccn2c1[N+](=O)[O-]. The molecule has 7 nitrogen and oxygen atoms in total. The summed E-state index contributed by atoms with van der Waals surface area (Å²) >= 11 is 1.33. The first-order valence-electron chi connectivity index (χ1n) is 5.65. The van der Waals surface area contributed by atoms with Crippen LogP contribution in [0.4, 0.5) is 11.6 Å². The van der Waals surface area contributed by atoms with Gasteiger partial charge in [-0.15, -0.1) is 0 Å². The van der Waals surface area contributed by atoms with E-state index in [4.69, 9.17) is 0 Å². The number of thiazole rings is 1. The molecule has 1 unspecified atom stereocenters. The molecular formula is C10H14N4O3S. The summed E-state index contributed by atoms with van der Waals surface area (Å²) in [6.45, 7) is 2.23. The van der Waals surface area contributed by atoms with Gasteiger partial charge in [0.25, 0.3) is 4.96 Å². The van der Waals surface area contributed by atoms with Crippen LogP contribution in [-0.4, -0.2) is 32.1 Å². The van der Waals surface area contributed by atoms with Gasteiger partial charge in [0.15, 0.2) is 0 Å². The van der Waals surface area contributed by atoms with Crippen molar-refractivity contribution in [2.24, 2.45) is 0 Å². The maximum absolute atomic E-state index is 11.0. The zero-order chi connectivity index (χ0) is 13.1. The van der Waals surface area contributed by atoms with Gasteiger partial charge in [0.05, 0.1) is 6.10 Å². The van der Waals surface area contributed by atoms with Crippen LogP contribution >= 0.6 is 11.3 Å². The third-order valence-electron chi connectivity index (χ3n) is 2.54. The number of aliphatic hydroxyl groups excluding tert-OH is 1. The molecule has 2 rings (SSSR count). The van der Waals surface area contributed by atoms with E-state index >= 15 is 0 Å². The molecule has 18 heavy (non-hydrogen) atoms. The molecule has 2 heterocycles. The monoisotopic (exact) mass is 270 g/mol. The molecule has 0 bridgehead atoms. The van der Waals surface area contributed by atoms with Crippen LogP contribution in [0.3, 0.4) is 0 Å². The van der Waals surface area contributed by atoms with Gasteiger partial charge in [-0.3, -0.25) is 0 Å². The van der Waals surface area contributed by atoms with Crippen LogP contribution in [0.2, 0.25) is 0 Å². The Morgan fingerprint density at radius 3 is 3.17 bits per heavy atom. The molecule has 1 atom stereocenters. The average molecular weight is 270 g/mol. The highest BCUT2D eigenvalue weighted by Gasteiger charge is 2.23. The van der Waals surface area contributed by atoms with E-state index in [0.717, 1.165) is 6.42 Å². The van der Waals surface area contributed by atoms with Crippen molar-refractivity contribution in [1.29, 1.82) is 0 Å². The Hall–Kier alpha value is -1.67. The number of aliphatic hydroxyl groups is 1. The molecule has 0 aliphatic rings. The van der Waals surface area contributed by atoms with E-state index in [9.17, 15) is 15.2 Å². The molecule has 0 saturated carbocycles. The van der Waals surface area contributed by atoms with Gasteiger partial charge in [0, 0.05) is 11.9 Å². The number of nitrogens with zero attached hydrogens (tertiary/aromatic N) is 3. The van der Waals surface area contributed by atoms with E-state index in [1.807, 2.05) is 6.92 Å². The molecule has 0 radical (unpaired) electrons. The Morgan fingerprint density at radius 2 is 2.50 bits per heavy atom. The van der Waals surface area contributed by atoms with E-state index in [2.05, 4.69) is 10.3 Å². The van der Waals surface area contributed by atoms with Gasteiger partial charge >= 0.3 is 5.82 Å². The minimum atomic E-state index is -0.519. The van der Waals surface area contributed by atoms with Crippen molar-refractivity contribution in [3.8, 4) is 0 Å². The summed E-state index contributed by atoms with van der Waals surface area (Å²) in [5.74, 6) is 0.122. The fraction of sp³-hybridized carbons (Fsp3) is 0.500. The average Bonchev–Trinajstić information content (AvgIpc) is 2.85. The maximum Gasteiger partial charge on any atom is 0.372 e. The molecule has 0 aliphatic carbocycles. The normalized spacial score (nSPS) is 12.8. The molecule has 0 aromatic carbocycles. The summed E-state index contributed by atoms with van der Waals surface area (Å²) in [5.41, 5.74) is 0. The summed E-state index contributed by atoms with van der Waals surface area (Å²) in [4.78, 5) is 15.2. The lowest BCUT2D eigenvalue weighted by Gasteiger charge is -2.09. The fourth-order valence-electron chi connectivity index (χ4n) is 1.72. The lowest BCUT2D eigenvalue weighted by molar-refractivity contribution is -0.389. The molecule has 0 aliphatic heterocycles. The summed E-state index contributed by atoms with van der Waals surface area (Å²) in [7, 11) is 0. The van der Waals surface area contributed by atoms with Gasteiger partial charge in [0.2, 0.25) is 5.82 Å². The van der Waals surface area contributed by atoms with E-state index in [1.165, 1.54) is 15.7 Å². The van der Waals surface area contributed by atoms with Crippen LogP contribution < -0.4 is 5.32 Å². The van der Waals surface area contributed by atoms with Gasteiger partial charge in [-0.2, -0.15) is 9.38 Å². The Kier molecular flexibility index (Phi) is 3.78. The lowest BCUT2D eigenvalue weighted by atomic mass is 10.2. The second-order valence-corrected chi connectivity index (χ2v) is 4.79. The Labute approximate surface area is 107 Å². The van der Waals surface area contributed by atoms with Gasteiger partial charge in [-0.25, -0.2) is 0 Å². The van der Waals surface area contributed by atoms with Crippen LogP contribution in [0, 0.1) is 10.1 Å². The number of hydrogen-bond acceptors (Lipinski definition) is 6. The van der Waals surface area contributed by atoms with Gasteiger partial charge in [-0.1, -0.05) is 24.7 Å². The van der Waals surface area contributed by atoms with Crippen LogP contribution in [-0.2, 0) is 0 Å². The van der Waals surface area contributed by atoms with Crippen molar-refractivity contribution in [1.82, 2.24) is 9.38 Å². The maximum atomic E-state index is 11.0. The molecule has 0 fully saturated rings. The topological polar surface area (TPSA) is 92.7 Å². The number of anilines is 1. The molecule has 0 amide bonds. The Bertz CT molecular complexity index is 550. The van der Waals surface area contributed by atoms with Crippen molar-refractivity contribution in [2.75, 3.05) is 11.9 Å². The number of rotatable bonds is 6. The van der Waals surface area contributed by atoms with E-state index in [-0.39, 0.29) is 18.2 Å². The fourth-order valence-corrected chi connectivity index (χ4v) is 2.43. The molecule has 2 N–H and O–H groups in total. The predicted octanol–water partition coefficient (Wildman–Crippen LogP) is 1.88. The number of aromatic nitrogens is 2. The standard InChI is InChI=1S/C10H14N4O3S/c1-2-3-7(15)6-11-8-9(14(16)17)13-4-5-18-10(13)12-8/h4-5,7,11,15H,2-3,6H2,1H3. The van der Waals surface area contributed by atoms with Crippen LogP contribution in [0.5, 0.6) is 0 Å². The van der Waals surface area contributed by atoms with Crippen LogP contribution in [0.15, 0.2) is 11.6 Å². The molecule has 2 aromatic rings. The highest BCUT2D eigenvalue weighted by Crippen LogP contribution is 2.27. The molecule has 98 valence electrons. The summed E-state index contributed by atoms with van der Waals surface area (Å²) in [6, 6.07) is 0. The molecule has 0 saturated heterocycles. The van der Waals surface area contributed by atoms with Crippen molar-refractivity contribution in [2.45, 2.75) is 25.9 Å². The third-order valence-corrected chi connectivity index (χ3v) is 3.29. The summed E-state index contributed by atoms with van der Waals surface area (Å²) < 4.78 is 1.43. The van der Waals surface area contributed by atoms with E-state index in [1.54, 1.807) is 11.6 Å². The van der Waals surface area contributed by atoms with E-state index in [0.29, 0.717) is 11.4 Å². The molecule has 2 aromatic heterocycles. The molecule has 8 heteroatoms. The Morgan fingerprint density at radius 1 is 1.72 bits per heavy atom. The summed E-state index contributed by atoms with van der Waals surface area (Å²) in [6.07, 6.45) is 2.61. The summed E-state index contributed by atoms with van der Waals surface area (Å²) in [5, 5.41) is 25.2. The number of imidazole rings is 1. The van der Waals surface area contributed by atoms with E-state index < -0.39 is 11.0 Å². The first-order chi connectivity index (χ1) is 8.63. The minimum absolute atomic E-state index is 0.0880. The van der Waals surface area contributed by atoms with Crippen LogP contribution in [0.1, 0.15) is 19.8 Å². The highest BCUT2D eigenvalue weighted by molar-refractivity contribution is 7.15. The van der Waals surface area contributed by atoms with Gasteiger partial charge in [-0.05, 0) is 11.3 Å². The zero-order valence-corrected chi connectivity index (χ0v) is 10.7. The smallest absolute Gasteiger partial charge is 0.372 e. The highest BCUT2D eigenvalue weighted by atomic mass is 32.1. The largest absolute Gasteiger partial charge is 0.391 e. The van der Waals surface area contributed by atoms with Crippen molar-refractivity contribution < 1.29 is 10.0 Å². The third kappa shape index (κ3) is 2.44. The second kappa shape index (κ2) is 5.32. The molecular weight excluding hydrogens is 256 g/mol. The Balaban J connectivity index is 2.19. The molecule has 0 spiro atoms. The second-order valence-electron chi connectivity index (χ2n) is 3.92. The van der Waals surface area contributed by atoms with Crippen LogP contribution in [0.25, 0.3) is 4.96 Å². The first-order valence-corrected chi connectivity index (χ1v) is 6.53. The predicted molar refractivity (Wildman–Crippen MR) is 69.1 cm³/mol.